The minimum absolute atomic E-state index is 0.0660. The Kier molecular flexibility index (Phi) is 2.24. The molecule has 62 valence electrons. The third kappa shape index (κ3) is 1.77. The number of carbonyl (C=O) groups is 2. The predicted octanol–water partition coefficient (Wildman–Crippen LogP) is -0.831. The molecule has 0 radical (unpaired) electrons. The van der Waals surface area contributed by atoms with Gasteiger partial charge in [0.2, 0.25) is 5.91 Å². The van der Waals surface area contributed by atoms with Gasteiger partial charge in [0, 0.05) is 13.5 Å². The molecule has 0 unspecified atom stereocenters. The van der Waals surface area contributed by atoms with Crippen molar-refractivity contribution in [2.24, 2.45) is 0 Å². The number of likely N-dealkylation sites (tertiary alicyclic amines) is 1. The first-order chi connectivity index (χ1) is 5.11. The van der Waals surface area contributed by atoms with Gasteiger partial charge in [-0.3, -0.25) is 9.59 Å². The number of ketones is 1. The molecule has 1 aliphatic heterocycles. The average molecular weight is 157 g/mol. The normalized spacial score (nSPS) is 25.5. The standard InChI is InChI=1S/C7H11NO3/c1-5(9)8-3-2-6(10)7(11)4-8/h6,10H,2-4H2,1H3/t6-/m0/s1. The Morgan fingerprint density at radius 2 is 2.36 bits per heavy atom. The SMILES string of the molecule is CC(=O)N1CC[C@H](O)C(=O)C1. The number of amides is 1. The van der Waals surface area contributed by atoms with Gasteiger partial charge < -0.3 is 10.0 Å². The molecule has 1 rings (SSSR count). The summed E-state index contributed by atoms with van der Waals surface area (Å²) < 4.78 is 0. The van der Waals surface area contributed by atoms with Gasteiger partial charge in [-0.05, 0) is 6.42 Å². The Labute approximate surface area is 64.8 Å². The van der Waals surface area contributed by atoms with Gasteiger partial charge in [0.25, 0.3) is 0 Å². The van der Waals surface area contributed by atoms with Gasteiger partial charge in [-0.2, -0.15) is 0 Å². The molecule has 0 saturated carbocycles. The molecule has 1 heterocycles. The highest BCUT2D eigenvalue weighted by molar-refractivity contribution is 5.89. The number of nitrogens with zero attached hydrogens (tertiary/aromatic N) is 1. The fourth-order valence-corrected chi connectivity index (χ4v) is 1.08. The number of aliphatic hydroxyl groups is 1. The molecular formula is C7H11NO3. The highest BCUT2D eigenvalue weighted by atomic mass is 16.3. The molecule has 1 N–H and O–H groups in total. The lowest BCUT2D eigenvalue weighted by Gasteiger charge is -2.27. The second-order valence-corrected chi connectivity index (χ2v) is 2.71. The fraction of sp³-hybridized carbons (Fsp3) is 0.714. The molecule has 11 heavy (non-hydrogen) atoms. The maximum Gasteiger partial charge on any atom is 0.219 e. The van der Waals surface area contributed by atoms with Gasteiger partial charge in [-0.15, -0.1) is 0 Å². The van der Waals surface area contributed by atoms with E-state index >= 15 is 0 Å². The van der Waals surface area contributed by atoms with E-state index in [2.05, 4.69) is 0 Å². The fourth-order valence-electron chi connectivity index (χ4n) is 1.08. The monoisotopic (exact) mass is 157 g/mol. The molecule has 4 heteroatoms. The van der Waals surface area contributed by atoms with Crippen LogP contribution in [0.1, 0.15) is 13.3 Å². The second-order valence-electron chi connectivity index (χ2n) is 2.71. The van der Waals surface area contributed by atoms with Crippen LogP contribution in [-0.4, -0.2) is 40.9 Å². The van der Waals surface area contributed by atoms with Crippen LogP contribution >= 0.6 is 0 Å². The van der Waals surface area contributed by atoms with Crippen LogP contribution in [0.5, 0.6) is 0 Å². The molecule has 0 aromatic heterocycles. The lowest BCUT2D eigenvalue weighted by Crippen LogP contribution is -2.45. The van der Waals surface area contributed by atoms with Crippen molar-refractivity contribution in [2.75, 3.05) is 13.1 Å². The minimum Gasteiger partial charge on any atom is -0.385 e. The number of hydrogen-bond acceptors (Lipinski definition) is 3. The van der Waals surface area contributed by atoms with E-state index in [0.717, 1.165) is 0 Å². The van der Waals surface area contributed by atoms with Crippen molar-refractivity contribution in [3.05, 3.63) is 0 Å². The smallest absolute Gasteiger partial charge is 0.219 e. The highest BCUT2D eigenvalue weighted by Gasteiger charge is 2.25. The van der Waals surface area contributed by atoms with E-state index < -0.39 is 6.10 Å². The Morgan fingerprint density at radius 3 is 2.82 bits per heavy atom. The number of piperidine rings is 1. The zero-order valence-corrected chi connectivity index (χ0v) is 6.41. The van der Waals surface area contributed by atoms with Crippen LogP contribution in [0.2, 0.25) is 0 Å². The van der Waals surface area contributed by atoms with E-state index in [1.165, 1.54) is 11.8 Å². The lowest BCUT2D eigenvalue weighted by molar-refractivity contribution is -0.141. The van der Waals surface area contributed by atoms with Gasteiger partial charge in [-0.1, -0.05) is 0 Å². The number of carbonyl (C=O) groups excluding carboxylic acids is 2. The summed E-state index contributed by atoms with van der Waals surface area (Å²) in [7, 11) is 0. The van der Waals surface area contributed by atoms with Gasteiger partial charge in [0.1, 0.15) is 6.10 Å². The molecule has 0 spiro atoms. The molecule has 1 fully saturated rings. The molecule has 0 aromatic rings. The van der Waals surface area contributed by atoms with Gasteiger partial charge in [0.05, 0.1) is 6.54 Å². The molecule has 0 aromatic carbocycles. The van der Waals surface area contributed by atoms with E-state index in [9.17, 15) is 9.59 Å². The Bertz CT molecular complexity index is 190. The van der Waals surface area contributed by atoms with Gasteiger partial charge in [0.15, 0.2) is 5.78 Å². The van der Waals surface area contributed by atoms with Crippen molar-refractivity contribution in [3.63, 3.8) is 0 Å². The highest BCUT2D eigenvalue weighted by Crippen LogP contribution is 2.06. The molecule has 0 aliphatic carbocycles. The molecule has 0 bridgehead atoms. The minimum atomic E-state index is -0.856. The lowest BCUT2D eigenvalue weighted by atomic mass is 10.1. The van der Waals surface area contributed by atoms with Crippen molar-refractivity contribution in [2.45, 2.75) is 19.4 Å². The van der Waals surface area contributed by atoms with Crippen LogP contribution in [0, 0.1) is 0 Å². The van der Waals surface area contributed by atoms with Crippen LogP contribution in [0.4, 0.5) is 0 Å². The maximum absolute atomic E-state index is 10.9. The van der Waals surface area contributed by atoms with Crippen LogP contribution < -0.4 is 0 Å². The van der Waals surface area contributed by atoms with E-state index in [4.69, 9.17) is 5.11 Å². The molecule has 4 nitrogen and oxygen atoms in total. The Balaban J connectivity index is 2.53. The molecule has 1 amide bonds. The van der Waals surface area contributed by atoms with Crippen LogP contribution in [-0.2, 0) is 9.59 Å². The molecule has 1 saturated heterocycles. The summed E-state index contributed by atoms with van der Waals surface area (Å²) >= 11 is 0. The zero-order valence-electron chi connectivity index (χ0n) is 6.41. The summed E-state index contributed by atoms with van der Waals surface area (Å²) in [4.78, 5) is 23.0. The van der Waals surface area contributed by atoms with E-state index in [1.54, 1.807) is 0 Å². The first kappa shape index (κ1) is 8.20. The summed E-state index contributed by atoms with van der Waals surface area (Å²) in [6, 6.07) is 0. The summed E-state index contributed by atoms with van der Waals surface area (Å²) in [6.45, 7) is 1.98. The van der Waals surface area contributed by atoms with Crippen molar-refractivity contribution in [3.8, 4) is 0 Å². The van der Waals surface area contributed by atoms with Gasteiger partial charge in [-0.25, -0.2) is 0 Å². The maximum atomic E-state index is 10.9. The zero-order chi connectivity index (χ0) is 8.43. The van der Waals surface area contributed by atoms with Crippen molar-refractivity contribution in [1.82, 2.24) is 4.90 Å². The van der Waals surface area contributed by atoms with E-state index in [-0.39, 0.29) is 18.2 Å². The largest absolute Gasteiger partial charge is 0.385 e. The predicted molar refractivity (Wildman–Crippen MR) is 37.9 cm³/mol. The average Bonchev–Trinajstić information content (AvgIpc) is 1.94. The third-order valence-corrected chi connectivity index (χ3v) is 1.84. The number of aliphatic hydroxyl groups excluding tert-OH is 1. The number of rotatable bonds is 0. The Morgan fingerprint density at radius 1 is 1.73 bits per heavy atom. The second kappa shape index (κ2) is 3.00. The van der Waals surface area contributed by atoms with Crippen LogP contribution in [0.15, 0.2) is 0 Å². The molecular weight excluding hydrogens is 146 g/mol. The first-order valence-electron chi connectivity index (χ1n) is 3.57. The molecule has 1 aliphatic rings. The van der Waals surface area contributed by atoms with Crippen LogP contribution in [0.3, 0.4) is 0 Å². The quantitative estimate of drug-likeness (QED) is 0.499. The molecule has 1 atom stereocenters. The number of hydrogen-bond donors (Lipinski definition) is 1. The Hall–Kier alpha value is -0.900. The summed E-state index contributed by atoms with van der Waals surface area (Å²) in [6.07, 6.45) is -0.483. The van der Waals surface area contributed by atoms with Crippen molar-refractivity contribution in [1.29, 1.82) is 0 Å². The van der Waals surface area contributed by atoms with E-state index in [0.29, 0.717) is 13.0 Å². The van der Waals surface area contributed by atoms with Crippen molar-refractivity contribution < 1.29 is 14.7 Å². The first-order valence-corrected chi connectivity index (χ1v) is 3.57. The summed E-state index contributed by atoms with van der Waals surface area (Å²) in [5, 5.41) is 8.99. The van der Waals surface area contributed by atoms with Gasteiger partial charge >= 0.3 is 0 Å². The van der Waals surface area contributed by atoms with Crippen LogP contribution in [0.25, 0.3) is 0 Å². The summed E-state index contributed by atoms with van der Waals surface area (Å²) in [5.74, 6) is -0.364. The van der Waals surface area contributed by atoms with E-state index in [1.807, 2.05) is 0 Å². The number of Topliss-reactive ketones (excluding diaryl/α,β-unsaturated/α-hetero) is 1. The van der Waals surface area contributed by atoms with Crippen molar-refractivity contribution >= 4 is 11.7 Å². The third-order valence-electron chi connectivity index (χ3n) is 1.84. The topological polar surface area (TPSA) is 57.6 Å². The summed E-state index contributed by atoms with van der Waals surface area (Å²) in [5.41, 5.74) is 0.